The van der Waals surface area contributed by atoms with Gasteiger partial charge in [0.15, 0.2) is 11.0 Å². The number of hydrogen-bond donors (Lipinski definition) is 1. The van der Waals surface area contributed by atoms with Crippen molar-refractivity contribution in [1.82, 2.24) is 25.1 Å². The lowest BCUT2D eigenvalue weighted by molar-refractivity contribution is -0.118. The maximum Gasteiger partial charge on any atom is 0.230 e. The van der Waals surface area contributed by atoms with Crippen LogP contribution in [0, 0.1) is 0 Å². The summed E-state index contributed by atoms with van der Waals surface area (Å²) in [5.41, 5.74) is 2.10. The number of nitrogens with zero attached hydrogens (tertiary/aromatic N) is 4. The van der Waals surface area contributed by atoms with Crippen LogP contribution in [0.4, 0.5) is 0 Å². The van der Waals surface area contributed by atoms with E-state index in [-0.39, 0.29) is 11.7 Å². The summed E-state index contributed by atoms with van der Waals surface area (Å²) >= 11 is 1.36. The van der Waals surface area contributed by atoms with Crippen LogP contribution >= 0.6 is 11.8 Å². The maximum absolute atomic E-state index is 12.6. The molecule has 164 valence electrons. The largest absolute Gasteiger partial charge is 0.467 e. The highest BCUT2D eigenvalue weighted by molar-refractivity contribution is 7.99. The number of nitrogens with one attached hydrogen (secondary N) is 1. The second-order valence-corrected chi connectivity index (χ2v) is 8.26. The van der Waals surface area contributed by atoms with Gasteiger partial charge in [0.1, 0.15) is 5.76 Å². The van der Waals surface area contributed by atoms with Crippen molar-refractivity contribution in [2.45, 2.75) is 31.0 Å². The molecule has 1 N–H and O–H groups in total. The van der Waals surface area contributed by atoms with Gasteiger partial charge < -0.3 is 9.73 Å². The molecule has 1 unspecified atom stereocenters. The summed E-state index contributed by atoms with van der Waals surface area (Å²) < 4.78 is 7.47. The van der Waals surface area contributed by atoms with Crippen LogP contribution in [-0.4, -0.2) is 38.0 Å². The molecule has 0 bridgehead atoms. The molecule has 4 rings (SSSR count). The third kappa shape index (κ3) is 5.45. The third-order valence-corrected chi connectivity index (χ3v) is 6.14. The number of furan rings is 1. The molecule has 3 heterocycles. The molecular weight excluding hydrogens is 422 g/mol. The Bertz CT molecular complexity index is 1110. The van der Waals surface area contributed by atoms with Crippen LogP contribution in [-0.2, 0) is 11.3 Å². The first-order chi connectivity index (χ1) is 15.7. The Kier molecular flexibility index (Phi) is 7.34. The summed E-state index contributed by atoms with van der Waals surface area (Å²) in [7, 11) is 0. The van der Waals surface area contributed by atoms with Crippen LogP contribution in [0.5, 0.6) is 0 Å². The number of aromatic nitrogens is 4. The Balaban J connectivity index is 1.42. The highest BCUT2D eigenvalue weighted by Gasteiger charge is 2.18. The molecule has 0 spiro atoms. The molecule has 0 saturated carbocycles. The Morgan fingerprint density at radius 1 is 1.12 bits per heavy atom. The van der Waals surface area contributed by atoms with Crippen molar-refractivity contribution in [3.05, 3.63) is 84.6 Å². The lowest BCUT2D eigenvalue weighted by Crippen LogP contribution is -2.29. The summed E-state index contributed by atoms with van der Waals surface area (Å²) in [4.78, 5) is 16.7. The van der Waals surface area contributed by atoms with E-state index in [0.717, 1.165) is 17.7 Å². The van der Waals surface area contributed by atoms with E-state index in [1.54, 1.807) is 18.7 Å². The summed E-state index contributed by atoms with van der Waals surface area (Å²) in [5.74, 6) is 2.00. The number of benzene rings is 1. The lowest BCUT2D eigenvalue weighted by atomic mass is 9.96. The van der Waals surface area contributed by atoms with Gasteiger partial charge in [-0.2, -0.15) is 0 Å². The first kappa shape index (κ1) is 21.8. The molecule has 1 atom stereocenters. The predicted molar refractivity (Wildman–Crippen MR) is 124 cm³/mol. The highest BCUT2D eigenvalue weighted by Crippen LogP contribution is 2.25. The topological polar surface area (TPSA) is 85.8 Å². The fourth-order valence-corrected chi connectivity index (χ4v) is 4.21. The van der Waals surface area contributed by atoms with Crippen molar-refractivity contribution >= 4 is 17.7 Å². The monoisotopic (exact) mass is 447 g/mol. The van der Waals surface area contributed by atoms with E-state index in [1.165, 1.54) is 17.3 Å². The van der Waals surface area contributed by atoms with Crippen molar-refractivity contribution in [3.63, 3.8) is 0 Å². The number of carbonyl (C=O) groups excluding carboxylic acids is 1. The minimum Gasteiger partial charge on any atom is -0.467 e. The van der Waals surface area contributed by atoms with E-state index >= 15 is 0 Å². The van der Waals surface area contributed by atoms with Gasteiger partial charge in [0.05, 0.1) is 18.6 Å². The Hall–Kier alpha value is -3.39. The Morgan fingerprint density at radius 2 is 2.00 bits per heavy atom. The number of amides is 1. The van der Waals surface area contributed by atoms with Crippen LogP contribution in [0.3, 0.4) is 0 Å². The van der Waals surface area contributed by atoms with Gasteiger partial charge in [-0.15, -0.1) is 10.2 Å². The van der Waals surface area contributed by atoms with Crippen molar-refractivity contribution in [1.29, 1.82) is 0 Å². The van der Waals surface area contributed by atoms with E-state index in [1.807, 2.05) is 47.0 Å². The molecule has 0 aliphatic carbocycles. The van der Waals surface area contributed by atoms with Crippen molar-refractivity contribution in [2.75, 3.05) is 12.3 Å². The summed E-state index contributed by atoms with van der Waals surface area (Å²) in [5, 5.41) is 12.4. The number of hydrogen-bond acceptors (Lipinski definition) is 6. The molecular formula is C24H25N5O2S. The number of thioether (sulfide) groups is 1. The van der Waals surface area contributed by atoms with E-state index in [0.29, 0.717) is 30.0 Å². The molecule has 0 fully saturated rings. The van der Waals surface area contributed by atoms with E-state index in [2.05, 4.69) is 39.6 Å². The van der Waals surface area contributed by atoms with Gasteiger partial charge in [-0.3, -0.25) is 14.3 Å². The van der Waals surface area contributed by atoms with Crippen LogP contribution < -0.4 is 5.32 Å². The average molecular weight is 448 g/mol. The minimum atomic E-state index is -0.0279. The van der Waals surface area contributed by atoms with Gasteiger partial charge in [0.25, 0.3) is 0 Å². The van der Waals surface area contributed by atoms with Gasteiger partial charge in [-0.1, -0.05) is 49.0 Å². The number of rotatable bonds is 10. The number of carbonyl (C=O) groups is 1. The Labute approximate surface area is 191 Å². The van der Waals surface area contributed by atoms with Crippen molar-refractivity contribution in [2.24, 2.45) is 0 Å². The van der Waals surface area contributed by atoms with Gasteiger partial charge in [-0.25, -0.2) is 0 Å². The third-order valence-electron chi connectivity index (χ3n) is 5.17. The van der Waals surface area contributed by atoms with E-state index in [4.69, 9.17) is 4.42 Å². The second kappa shape index (κ2) is 10.8. The molecule has 3 aromatic heterocycles. The molecule has 4 aromatic rings. The first-order valence-corrected chi connectivity index (χ1v) is 11.5. The average Bonchev–Trinajstić information content (AvgIpc) is 3.50. The molecule has 0 aliphatic heterocycles. The SMILES string of the molecule is CCC(CNC(=O)CSc1nnc(-c2cccnc2)n1Cc1ccco1)c1ccccc1. The molecule has 0 aliphatic rings. The maximum atomic E-state index is 12.6. The van der Waals surface area contributed by atoms with Gasteiger partial charge in [0, 0.05) is 30.4 Å². The molecule has 0 saturated heterocycles. The van der Waals surface area contributed by atoms with Gasteiger partial charge >= 0.3 is 0 Å². The lowest BCUT2D eigenvalue weighted by Gasteiger charge is -2.16. The second-order valence-electron chi connectivity index (χ2n) is 7.32. The molecule has 32 heavy (non-hydrogen) atoms. The normalized spacial score (nSPS) is 11.9. The summed E-state index contributed by atoms with van der Waals surface area (Å²) in [6.07, 6.45) is 6.07. The molecule has 7 nitrogen and oxygen atoms in total. The molecule has 8 heteroatoms. The standard InChI is InChI=1S/C24H25N5O2S/c1-2-18(19-8-4-3-5-9-19)15-26-22(30)17-32-24-28-27-23(20-10-6-12-25-14-20)29(24)16-21-11-7-13-31-21/h3-14,18H,2,15-17H2,1H3,(H,26,30). The summed E-state index contributed by atoms with van der Waals surface area (Å²) in [6, 6.07) is 17.8. The first-order valence-electron chi connectivity index (χ1n) is 10.5. The van der Waals surface area contributed by atoms with Gasteiger partial charge in [-0.05, 0) is 36.2 Å². The molecule has 1 amide bonds. The zero-order valence-corrected chi connectivity index (χ0v) is 18.7. The number of pyridine rings is 1. The molecule has 1 aromatic carbocycles. The fourth-order valence-electron chi connectivity index (χ4n) is 3.45. The summed E-state index contributed by atoms with van der Waals surface area (Å²) in [6.45, 7) is 3.22. The van der Waals surface area contributed by atoms with Crippen LogP contribution in [0.15, 0.2) is 82.8 Å². The molecule has 0 radical (unpaired) electrons. The van der Waals surface area contributed by atoms with Crippen LogP contribution in [0.25, 0.3) is 11.4 Å². The smallest absolute Gasteiger partial charge is 0.230 e. The fraction of sp³-hybridized carbons (Fsp3) is 0.250. The quantitative estimate of drug-likeness (QED) is 0.363. The Morgan fingerprint density at radius 3 is 2.72 bits per heavy atom. The minimum absolute atomic E-state index is 0.0279. The zero-order chi connectivity index (χ0) is 22.2. The van der Waals surface area contributed by atoms with Crippen molar-refractivity contribution < 1.29 is 9.21 Å². The van der Waals surface area contributed by atoms with Crippen LogP contribution in [0.2, 0.25) is 0 Å². The van der Waals surface area contributed by atoms with E-state index < -0.39 is 0 Å². The zero-order valence-electron chi connectivity index (χ0n) is 17.8. The van der Waals surface area contributed by atoms with Crippen molar-refractivity contribution in [3.8, 4) is 11.4 Å². The highest BCUT2D eigenvalue weighted by atomic mass is 32.2. The van der Waals surface area contributed by atoms with Crippen LogP contribution in [0.1, 0.15) is 30.6 Å². The predicted octanol–water partition coefficient (Wildman–Crippen LogP) is 4.38. The van der Waals surface area contributed by atoms with Gasteiger partial charge in [0.2, 0.25) is 5.91 Å². The van der Waals surface area contributed by atoms with E-state index in [9.17, 15) is 4.79 Å².